The SMILES string of the molecule is C#CCOc1ccc(Br)cc1CNOCC(C)C. The van der Waals surface area contributed by atoms with Crippen LogP contribution in [0.15, 0.2) is 22.7 Å². The Morgan fingerprint density at radius 3 is 2.89 bits per heavy atom. The molecule has 0 saturated heterocycles. The normalized spacial score (nSPS) is 10.4. The number of halogens is 1. The third-order valence-electron chi connectivity index (χ3n) is 2.11. The highest BCUT2D eigenvalue weighted by atomic mass is 79.9. The standard InChI is InChI=1S/C14H18BrNO2/c1-4-7-17-14-6-5-13(15)8-12(14)9-16-18-10-11(2)3/h1,5-6,8,11,16H,7,9-10H2,2-3H3. The number of hydrogen-bond donors (Lipinski definition) is 1. The molecular weight excluding hydrogens is 294 g/mol. The fraction of sp³-hybridized carbons (Fsp3) is 0.429. The summed E-state index contributed by atoms with van der Waals surface area (Å²) in [4.78, 5) is 5.34. The molecule has 1 aromatic carbocycles. The molecule has 0 spiro atoms. The van der Waals surface area contributed by atoms with Crippen molar-refractivity contribution in [1.82, 2.24) is 5.48 Å². The second kappa shape index (κ2) is 8.15. The molecule has 0 aromatic heterocycles. The van der Waals surface area contributed by atoms with Crippen LogP contribution >= 0.6 is 15.9 Å². The van der Waals surface area contributed by atoms with Gasteiger partial charge in [0.05, 0.1) is 6.61 Å². The second-order valence-electron chi connectivity index (χ2n) is 4.27. The lowest BCUT2D eigenvalue weighted by Crippen LogP contribution is -2.18. The van der Waals surface area contributed by atoms with Crippen LogP contribution in [0.25, 0.3) is 0 Å². The number of nitrogens with one attached hydrogen (secondary N) is 1. The molecular formula is C14H18BrNO2. The maximum atomic E-state index is 5.47. The van der Waals surface area contributed by atoms with E-state index in [2.05, 4.69) is 41.2 Å². The first-order valence-electron chi connectivity index (χ1n) is 5.82. The fourth-order valence-corrected chi connectivity index (χ4v) is 1.71. The van der Waals surface area contributed by atoms with Gasteiger partial charge in [-0.25, -0.2) is 0 Å². The predicted octanol–water partition coefficient (Wildman–Crippen LogP) is 3.14. The lowest BCUT2D eigenvalue weighted by molar-refractivity contribution is 0.0193. The van der Waals surface area contributed by atoms with Gasteiger partial charge < -0.3 is 9.57 Å². The van der Waals surface area contributed by atoms with E-state index >= 15 is 0 Å². The van der Waals surface area contributed by atoms with Crippen molar-refractivity contribution in [3.8, 4) is 18.1 Å². The molecule has 0 aliphatic carbocycles. The van der Waals surface area contributed by atoms with Crippen LogP contribution in [0.5, 0.6) is 5.75 Å². The van der Waals surface area contributed by atoms with E-state index in [0.717, 1.165) is 15.8 Å². The number of hydroxylamine groups is 1. The fourth-order valence-electron chi connectivity index (χ4n) is 1.30. The van der Waals surface area contributed by atoms with Crippen molar-refractivity contribution in [2.75, 3.05) is 13.2 Å². The topological polar surface area (TPSA) is 30.5 Å². The van der Waals surface area contributed by atoms with Crippen LogP contribution in [-0.2, 0) is 11.4 Å². The van der Waals surface area contributed by atoms with Crippen molar-refractivity contribution in [2.45, 2.75) is 20.4 Å². The zero-order valence-electron chi connectivity index (χ0n) is 10.7. The molecule has 0 aliphatic rings. The van der Waals surface area contributed by atoms with E-state index in [1.54, 1.807) is 0 Å². The molecule has 0 heterocycles. The highest BCUT2D eigenvalue weighted by Gasteiger charge is 2.04. The average Bonchev–Trinajstić information content (AvgIpc) is 2.33. The van der Waals surface area contributed by atoms with Gasteiger partial charge in [0.25, 0.3) is 0 Å². The lowest BCUT2D eigenvalue weighted by Gasteiger charge is -2.12. The van der Waals surface area contributed by atoms with Crippen molar-refractivity contribution < 1.29 is 9.57 Å². The first kappa shape index (κ1) is 15.0. The molecule has 0 amide bonds. The van der Waals surface area contributed by atoms with Gasteiger partial charge in [0.1, 0.15) is 12.4 Å². The summed E-state index contributed by atoms with van der Waals surface area (Å²) in [5.74, 6) is 3.73. The number of hydrogen-bond acceptors (Lipinski definition) is 3. The average molecular weight is 312 g/mol. The van der Waals surface area contributed by atoms with E-state index in [9.17, 15) is 0 Å². The van der Waals surface area contributed by atoms with Crippen LogP contribution in [0.3, 0.4) is 0 Å². The van der Waals surface area contributed by atoms with Crippen LogP contribution in [0.1, 0.15) is 19.4 Å². The summed E-state index contributed by atoms with van der Waals surface area (Å²) in [5.41, 5.74) is 3.93. The van der Waals surface area contributed by atoms with Gasteiger partial charge in [0.15, 0.2) is 0 Å². The number of benzene rings is 1. The molecule has 0 fully saturated rings. The molecule has 1 rings (SSSR count). The van der Waals surface area contributed by atoms with Crippen molar-refractivity contribution in [1.29, 1.82) is 0 Å². The highest BCUT2D eigenvalue weighted by Crippen LogP contribution is 2.23. The monoisotopic (exact) mass is 311 g/mol. The van der Waals surface area contributed by atoms with Gasteiger partial charge in [-0.2, -0.15) is 5.48 Å². The summed E-state index contributed by atoms with van der Waals surface area (Å²) >= 11 is 3.43. The Balaban J connectivity index is 2.56. The molecule has 0 aliphatic heterocycles. The first-order chi connectivity index (χ1) is 8.63. The van der Waals surface area contributed by atoms with Gasteiger partial charge in [-0.1, -0.05) is 35.7 Å². The molecule has 1 aromatic rings. The quantitative estimate of drug-likeness (QED) is 0.477. The van der Waals surface area contributed by atoms with Crippen molar-refractivity contribution >= 4 is 15.9 Å². The third-order valence-corrected chi connectivity index (χ3v) is 2.61. The van der Waals surface area contributed by atoms with Gasteiger partial charge in [-0.3, -0.25) is 0 Å². The Bertz CT molecular complexity index is 413. The molecule has 0 atom stereocenters. The summed E-state index contributed by atoms with van der Waals surface area (Å²) in [6, 6.07) is 5.79. The maximum absolute atomic E-state index is 5.47. The summed E-state index contributed by atoms with van der Waals surface area (Å²) in [6.45, 7) is 5.71. The van der Waals surface area contributed by atoms with E-state index in [1.807, 2.05) is 18.2 Å². The number of ether oxygens (including phenoxy) is 1. The van der Waals surface area contributed by atoms with E-state index in [-0.39, 0.29) is 6.61 Å². The molecule has 4 heteroatoms. The minimum atomic E-state index is 0.265. The number of rotatable bonds is 7. The Morgan fingerprint density at radius 2 is 2.22 bits per heavy atom. The Labute approximate surface area is 117 Å². The summed E-state index contributed by atoms with van der Waals surface area (Å²) in [6.07, 6.45) is 5.19. The van der Waals surface area contributed by atoms with Crippen LogP contribution in [0, 0.1) is 18.3 Å². The van der Waals surface area contributed by atoms with Gasteiger partial charge in [0.2, 0.25) is 0 Å². The summed E-state index contributed by atoms with van der Waals surface area (Å²) in [7, 11) is 0. The van der Waals surface area contributed by atoms with E-state index < -0.39 is 0 Å². The van der Waals surface area contributed by atoms with Gasteiger partial charge in [-0.05, 0) is 24.1 Å². The summed E-state index contributed by atoms with van der Waals surface area (Å²) in [5, 5.41) is 0. The second-order valence-corrected chi connectivity index (χ2v) is 5.19. The zero-order valence-corrected chi connectivity index (χ0v) is 12.3. The molecule has 18 heavy (non-hydrogen) atoms. The van der Waals surface area contributed by atoms with Crippen molar-refractivity contribution in [3.63, 3.8) is 0 Å². The van der Waals surface area contributed by atoms with E-state index in [0.29, 0.717) is 19.1 Å². The van der Waals surface area contributed by atoms with Crippen LogP contribution in [0.2, 0.25) is 0 Å². The van der Waals surface area contributed by atoms with Gasteiger partial charge in [0, 0.05) is 16.6 Å². The van der Waals surface area contributed by atoms with Crippen LogP contribution < -0.4 is 10.2 Å². The molecule has 0 bridgehead atoms. The Kier molecular flexibility index (Phi) is 6.81. The van der Waals surface area contributed by atoms with Crippen molar-refractivity contribution in [2.24, 2.45) is 5.92 Å². The highest BCUT2D eigenvalue weighted by molar-refractivity contribution is 9.10. The predicted molar refractivity (Wildman–Crippen MR) is 76.1 cm³/mol. The minimum Gasteiger partial charge on any atom is -0.481 e. The molecule has 0 radical (unpaired) electrons. The minimum absolute atomic E-state index is 0.265. The third kappa shape index (κ3) is 5.54. The summed E-state index contributed by atoms with van der Waals surface area (Å²) < 4.78 is 6.46. The smallest absolute Gasteiger partial charge is 0.148 e. The van der Waals surface area contributed by atoms with Crippen LogP contribution in [0.4, 0.5) is 0 Å². The van der Waals surface area contributed by atoms with E-state index in [4.69, 9.17) is 16.0 Å². The number of terminal acetylenes is 1. The first-order valence-corrected chi connectivity index (χ1v) is 6.62. The maximum Gasteiger partial charge on any atom is 0.148 e. The van der Waals surface area contributed by atoms with Crippen LogP contribution in [-0.4, -0.2) is 13.2 Å². The van der Waals surface area contributed by atoms with E-state index in [1.165, 1.54) is 0 Å². The van der Waals surface area contributed by atoms with Gasteiger partial charge >= 0.3 is 0 Å². The zero-order chi connectivity index (χ0) is 13.4. The molecule has 3 nitrogen and oxygen atoms in total. The Hall–Kier alpha value is -1.02. The molecule has 0 saturated carbocycles. The Morgan fingerprint density at radius 1 is 1.44 bits per heavy atom. The molecule has 98 valence electrons. The largest absolute Gasteiger partial charge is 0.481 e. The lowest BCUT2D eigenvalue weighted by atomic mass is 10.2. The van der Waals surface area contributed by atoms with Crippen molar-refractivity contribution in [3.05, 3.63) is 28.2 Å². The van der Waals surface area contributed by atoms with Gasteiger partial charge in [-0.15, -0.1) is 6.42 Å². The molecule has 1 N–H and O–H groups in total. The molecule has 0 unspecified atom stereocenters.